The average Bonchev–Trinajstić information content (AvgIpc) is 3.23. The zero-order chi connectivity index (χ0) is 17.8. The largest absolute Gasteiger partial charge is 0.457 e. The van der Waals surface area contributed by atoms with E-state index < -0.39 is 6.04 Å². The normalized spacial score (nSPS) is 17.1. The highest BCUT2D eigenvalue weighted by Crippen LogP contribution is 2.25. The molecule has 0 aliphatic carbocycles. The molecule has 1 aliphatic heterocycles. The summed E-state index contributed by atoms with van der Waals surface area (Å²) in [6.07, 6.45) is 2.79. The molecular formula is C18H16N4O4. The molecule has 1 aliphatic rings. The summed E-state index contributed by atoms with van der Waals surface area (Å²) in [5, 5.41) is 3.83. The van der Waals surface area contributed by atoms with E-state index in [1.807, 2.05) is 30.3 Å². The molecule has 0 bridgehead atoms. The Hall–Kier alpha value is -3.26. The third-order valence-electron chi connectivity index (χ3n) is 4.00. The van der Waals surface area contributed by atoms with Gasteiger partial charge in [0.15, 0.2) is 5.82 Å². The second-order valence-corrected chi connectivity index (χ2v) is 5.67. The molecule has 132 valence electrons. The number of nitrogens with zero attached hydrogens (tertiary/aromatic N) is 4. The lowest BCUT2D eigenvalue weighted by Crippen LogP contribution is -2.44. The van der Waals surface area contributed by atoms with E-state index in [4.69, 9.17) is 14.0 Å². The first kappa shape index (κ1) is 16.2. The van der Waals surface area contributed by atoms with Crippen molar-refractivity contribution in [2.75, 3.05) is 19.8 Å². The molecule has 3 aromatic rings. The van der Waals surface area contributed by atoms with Crippen molar-refractivity contribution in [1.29, 1.82) is 0 Å². The van der Waals surface area contributed by atoms with E-state index >= 15 is 0 Å². The fourth-order valence-corrected chi connectivity index (χ4v) is 2.75. The van der Waals surface area contributed by atoms with Crippen LogP contribution in [0, 0.1) is 0 Å². The predicted octanol–water partition coefficient (Wildman–Crippen LogP) is 2.47. The zero-order valence-corrected chi connectivity index (χ0v) is 13.8. The second-order valence-electron chi connectivity index (χ2n) is 5.67. The van der Waals surface area contributed by atoms with E-state index in [2.05, 4.69) is 15.1 Å². The van der Waals surface area contributed by atoms with E-state index in [-0.39, 0.29) is 11.6 Å². The third-order valence-corrected chi connectivity index (χ3v) is 4.00. The minimum atomic E-state index is -0.407. The summed E-state index contributed by atoms with van der Waals surface area (Å²) in [5.74, 6) is 1.41. The Morgan fingerprint density at radius 2 is 2.04 bits per heavy atom. The topological polar surface area (TPSA) is 90.6 Å². The number of ether oxygens (including phenoxy) is 2. The lowest BCUT2D eigenvalue weighted by molar-refractivity contribution is -0.00608. The van der Waals surface area contributed by atoms with Crippen LogP contribution >= 0.6 is 0 Å². The average molecular weight is 352 g/mol. The number of rotatable bonds is 4. The van der Waals surface area contributed by atoms with E-state index in [0.29, 0.717) is 37.1 Å². The summed E-state index contributed by atoms with van der Waals surface area (Å²) in [5.41, 5.74) is 0.286. The van der Waals surface area contributed by atoms with Crippen molar-refractivity contribution in [2.24, 2.45) is 0 Å². The minimum Gasteiger partial charge on any atom is -0.457 e. The van der Waals surface area contributed by atoms with Gasteiger partial charge in [-0.3, -0.25) is 9.78 Å². The Labute approximate surface area is 149 Å². The summed E-state index contributed by atoms with van der Waals surface area (Å²) in [7, 11) is 0. The monoisotopic (exact) mass is 352 g/mol. The van der Waals surface area contributed by atoms with Crippen LogP contribution in [0.15, 0.2) is 59.6 Å². The minimum absolute atomic E-state index is 0.235. The molecule has 26 heavy (non-hydrogen) atoms. The molecule has 2 aromatic heterocycles. The number of carbonyl (C=O) groups is 1. The summed E-state index contributed by atoms with van der Waals surface area (Å²) in [6, 6.07) is 12.3. The van der Waals surface area contributed by atoms with Gasteiger partial charge in [-0.15, -0.1) is 0 Å². The number of hydrogen-bond acceptors (Lipinski definition) is 7. The van der Waals surface area contributed by atoms with Gasteiger partial charge in [-0.25, -0.2) is 0 Å². The number of carbonyl (C=O) groups excluding carboxylic acids is 1. The maximum absolute atomic E-state index is 13.0. The molecule has 1 aromatic carbocycles. The quantitative estimate of drug-likeness (QED) is 0.712. The number of aromatic nitrogens is 3. The molecule has 0 spiro atoms. The van der Waals surface area contributed by atoms with E-state index in [0.717, 1.165) is 0 Å². The van der Waals surface area contributed by atoms with Gasteiger partial charge in [0.2, 0.25) is 6.39 Å². The standard InChI is InChI=1S/C18H16N4O4/c23-18(22-8-9-24-11-16(22)17-20-12-25-21-17)15-10-14(6-7-19-15)26-13-4-2-1-3-5-13/h1-7,10,12,16H,8-9,11H2/t16-/m0/s1. The summed E-state index contributed by atoms with van der Waals surface area (Å²) in [6.45, 7) is 1.18. The first-order valence-electron chi connectivity index (χ1n) is 8.15. The summed E-state index contributed by atoms with van der Waals surface area (Å²) >= 11 is 0. The van der Waals surface area contributed by atoms with E-state index in [9.17, 15) is 4.79 Å². The van der Waals surface area contributed by atoms with Crippen LogP contribution in [0.5, 0.6) is 11.5 Å². The first-order valence-corrected chi connectivity index (χ1v) is 8.15. The third kappa shape index (κ3) is 3.40. The predicted molar refractivity (Wildman–Crippen MR) is 89.6 cm³/mol. The molecule has 1 fully saturated rings. The van der Waals surface area contributed by atoms with Crippen LogP contribution in [-0.4, -0.2) is 45.7 Å². The van der Waals surface area contributed by atoms with Crippen molar-refractivity contribution in [3.8, 4) is 11.5 Å². The Morgan fingerprint density at radius 1 is 1.15 bits per heavy atom. The number of morpholine rings is 1. The molecule has 1 amide bonds. The van der Waals surface area contributed by atoms with Gasteiger partial charge in [-0.2, -0.15) is 4.98 Å². The van der Waals surface area contributed by atoms with Gasteiger partial charge in [0.05, 0.1) is 13.2 Å². The molecule has 0 radical (unpaired) electrons. The van der Waals surface area contributed by atoms with Crippen molar-refractivity contribution in [2.45, 2.75) is 6.04 Å². The van der Waals surface area contributed by atoms with Gasteiger partial charge < -0.3 is 18.9 Å². The molecule has 3 heterocycles. The molecule has 0 saturated carbocycles. The van der Waals surface area contributed by atoms with Crippen LogP contribution in [0.3, 0.4) is 0 Å². The fraction of sp³-hybridized carbons (Fsp3) is 0.222. The van der Waals surface area contributed by atoms with Crippen molar-refractivity contribution in [3.63, 3.8) is 0 Å². The molecule has 1 saturated heterocycles. The van der Waals surface area contributed by atoms with Crippen molar-refractivity contribution >= 4 is 5.91 Å². The van der Waals surface area contributed by atoms with Gasteiger partial charge >= 0.3 is 0 Å². The highest BCUT2D eigenvalue weighted by Gasteiger charge is 2.32. The highest BCUT2D eigenvalue weighted by atomic mass is 16.5. The lowest BCUT2D eigenvalue weighted by Gasteiger charge is -2.33. The molecule has 8 nitrogen and oxygen atoms in total. The van der Waals surface area contributed by atoms with Gasteiger partial charge in [-0.05, 0) is 18.2 Å². The SMILES string of the molecule is O=C(c1cc(Oc2ccccc2)ccn1)N1CCOC[C@H]1c1ncon1. The lowest BCUT2D eigenvalue weighted by atomic mass is 10.2. The Morgan fingerprint density at radius 3 is 2.85 bits per heavy atom. The Kier molecular flexibility index (Phi) is 4.57. The maximum atomic E-state index is 13.0. The zero-order valence-electron chi connectivity index (χ0n) is 13.8. The molecule has 1 atom stereocenters. The Bertz CT molecular complexity index is 870. The smallest absolute Gasteiger partial charge is 0.273 e. The van der Waals surface area contributed by atoms with E-state index in [1.54, 1.807) is 23.2 Å². The highest BCUT2D eigenvalue weighted by molar-refractivity contribution is 5.93. The van der Waals surface area contributed by atoms with Gasteiger partial charge in [0.25, 0.3) is 5.91 Å². The molecule has 8 heteroatoms. The number of para-hydroxylation sites is 1. The first-order chi connectivity index (χ1) is 12.8. The number of pyridine rings is 1. The van der Waals surface area contributed by atoms with Crippen LogP contribution < -0.4 is 4.74 Å². The molecule has 0 unspecified atom stereocenters. The molecule has 4 rings (SSSR count). The fourth-order valence-electron chi connectivity index (χ4n) is 2.75. The van der Waals surface area contributed by atoms with Crippen LogP contribution in [0.4, 0.5) is 0 Å². The molecular weight excluding hydrogens is 336 g/mol. The van der Waals surface area contributed by atoms with Crippen molar-refractivity contribution in [1.82, 2.24) is 20.0 Å². The van der Waals surface area contributed by atoms with Crippen molar-refractivity contribution < 1.29 is 18.8 Å². The van der Waals surface area contributed by atoms with Crippen LogP contribution in [0.25, 0.3) is 0 Å². The molecule has 0 N–H and O–H groups in total. The van der Waals surface area contributed by atoms with Gasteiger partial charge in [0.1, 0.15) is 23.2 Å². The number of amides is 1. The van der Waals surface area contributed by atoms with E-state index in [1.165, 1.54) is 6.39 Å². The number of benzene rings is 1. The van der Waals surface area contributed by atoms with Crippen LogP contribution in [0.1, 0.15) is 22.4 Å². The van der Waals surface area contributed by atoms with Crippen LogP contribution in [-0.2, 0) is 4.74 Å². The second kappa shape index (κ2) is 7.32. The van der Waals surface area contributed by atoms with Crippen molar-refractivity contribution in [3.05, 3.63) is 66.6 Å². The Balaban J connectivity index is 1.56. The van der Waals surface area contributed by atoms with Gasteiger partial charge in [0, 0.05) is 18.8 Å². The maximum Gasteiger partial charge on any atom is 0.273 e. The van der Waals surface area contributed by atoms with Gasteiger partial charge in [-0.1, -0.05) is 23.4 Å². The summed E-state index contributed by atoms with van der Waals surface area (Å²) in [4.78, 5) is 22.9. The number of hydrogen-bond donors (Lipinski definition) is 0. The van der Waals surface area contributed by atoms with Crippen LogP contribution in [0.2, 0.25) is 0 Å². The summed E-state index contributed by atoms with van der Waals surface area (Å²) < 4.78 is 16.0.